The summed E-state index contributed by atoms with van der Waals surface area (Å²) in [6.07, 6.45) is 1.77. The van der Waals surface area contributed by atoms with Crippen molar-refractivity contribution in [2.75, 3.05) is 25.7 Å². The van der Waals surface area contributed by atoms with Crippen molar-refractivity contribution < 1.29 is 19.2 Å². The molecule has 1 atom stereocenters. The molecule has 0 N–H and O–H groups in total. The Morgan fingerprint density at radius 2 is 1.64 bits per heavy atom. The fraction of sp³-hybridized carbons (Fsp3) is 0.259. The number of fused-ring (bicyclic) bond motifs is 4. The molecule has 4 aromatic rings. The van der Waals surface area contributed by atoms with Crippen LogP contribution in [0.4, 0.5) is 4.79 Å². The number of thioether (sulfide) groups is 1. The van der Waals surface area contributed by atoms with Crippen LogP contribution in [-0.4, -0.2) is 63.8 Å². The van der Waals surface area contributed by atoms with Gasteiger partial charge in [-0.3, -0.25) is 4.90 Å². The number of amides is 1. The summed E-state index contributed by atoms with van der Waals surface area (Å²) in [7, 11) is 1.56. The van der Waals surface area contributed by atoms with E-state index in [-0.39, 0.29) is 12.5 Å². The lowest BCUT2D eigenvalue weighted by molar-refractivity contribution is -0.150. The lowest BCUT2D eigenvalue weighted by Crippen LogP contribution is -2.47. The smallest absolute Gasteiger partial charge is 0.410 e. The van der Waals surface area contributed by atoms with Gasteiger partial charge in [-0.25, -0.2) is 9.59 Å². The molecule has 0 radical (unpaired) electrons. The van der Waals surface area contributed by atoms with Crippen LogP contribution in [0.15, 0.2) is 72.8 Å². The van der Waals surface area contributed by atoms with Crippen molar-refractivity contribution in [1.29, 1.82) is 0 Å². The van der Waals surface area contributed by atoms with E-state index in [4.69, 9.17) is 9.57 Å². The lowest BCUT2D eigenvalue weighted by atomic mass is 9.98. The summed E-state index contributed by atoms with van der Waals surface area (Å²) in [5, 5.41) is 7.93. The van der Waals surface area contributed by atoms with Crippen LogP contribution in [0.3, 0.4) is 0 Å². The molecule has 1 aliphatic rings. The summed E-state index contributed by atoms with van der Waals surface area (Å²) in [5.41, 5.74) is 5.75. The molecule has 3 aromatic carbocycles. The van der Waals surface area contributed by atoms with Crippen LogP contribution in [-0.2, 0) is 9.53 Å². The number of hydrogen-bond acceptors (Lipinski definition) is 7. The van der Waals surface area contributed by atoms with Crippen LogP contribution < -0.4 is 4.84 Å². The minimum Gasteiger partial charge on any atom is -0.448 e. The standard InChI is InChI=1S/C27H26N4O4S/c1-30(25(15-16-36-2)26(32)35-31-24-14-8-7-13-23(24)28-29-31)27(33)34-17-22-20-11-5-3-9-18(20)19-10-4-6-12-21(19)22/h3-14,22,25H,15-17H2,1-2H3/t25-/m0/s1. The van der Waals surface area contributed by atoms with Gasteiger partial charge in [-0.2, -0.15) is 11.8 Å². The first-order chi connectivity index (χ1) is 17.6. The van der Waals surface area contributed by atoms with E-state index >= 15 is 0 Å². The summed E-state index contributed by atoms with van der Waals surface area (Å²) >= 11 is 1.58. The largest absolute Gasteiger partial charge is 0.448 e. The highest BCUT2D eigenvalue weighted by molar-refractivity contribution is 7.98. The van der Waals surface area contributed by atoms with Gasteiger partial charge in [-0.1, -0.05) is 65.5 Å². The molecule has 36 heavy (non-hydrogen) atoms. The molecule has 8 nitrogen and oxygen atoms in total. The van der Waals surface area contributed by atoms with Gasteiger partial charge in [-0.15, -0.1) is 5.10 Å². The number of nitrogens with zero attached hydrogens (tertiary/aromatic N) is 4. The monoisotopic (exact) mass is 502 g/mol. The quantitative estimate of drug-likeness (QED) is 0.330. The number of para-hydroxylation sites is 1. The van der Waals surface area contributed by atoms with Gasteiger partial charge in [0.05, 0.1) is 0 Å². The lowest BCUT2D eigenvalue weighted by Gasteiger charge is -2.26. The number of likely N-dealkylation sites (N-methyl/N-ethyl adjacent to an activating group) is 1. The first kappa shape index (κ1) is 23.9. The van der Waals surface area contributed by atoms with Crippen molar-refractivity contribution in [2.24, 2.45) is 0 Å². The summed E-state index contributed by atoms with van der Waals surface area (Å²) < 4.78 is 5.76. The van der Waals surface area contributed by atoms with Crippen molar-refractivity contribution in [3.63, 3.8) is 0 Å². The Bertz CT molecular complexity index is 1360. The number of carbonyl (C=O) groups is 2. The van der Waals surface area contributed by atoms with E-state index in [0.717, 1.165) is 27.1 Å². The molecule has 0 fully saturated rings. The SMILES string of the molecule is CSCC[C@@H](C(=O)On1nnc2ccccc21)N(C)C(=O)OCC1c2ccccc2-c2ccccc21. The van der Waals surface area contributed by atoms with Crippen molar-refractivity contribution in [3.05, 3.63) is 83.9 Å². The average Bonchev–Trinajstić information content (AvgIpc) is 3.46. The normalized spacial score (nSPS) is 13.2. The first-order valence-corrected chi connectivity index (χ1v) is 13.1. The van der Waals surface area contributed by atoms with Crippen molar-refractivity contribution in [2.45, 2.75) is 18.4 Å². The maximum Gasteiger partial charge on any atom is 0.410 e. The molecular formula is C27H26N4O4S. The van der Waals surface area contributed by atoms with E-state index in [1.165, 1.54) is 4.90 Å². The minimum absolute atomic E-state index is 0.0622. The second kappa shape index (κ2) is 10.4. The zero-order valence-electron chi connectivity index (χ0n) is 20.0. The van der Waals surface area contributed by atoms with E-state index in [9.17, 15) is 9.59 Å². The first-order valence-electron chi connectivity index (χ1n) is 11.7. The molecule has 0 saturated heterocycles. The molecule has 184 valence electrons. The number of carbonyl (C=O) groups excluding carboxylic acids is 2. The Kier molecular flexibility index (Phi) is 6.90. The average molecular weight is 503 g/mol. The number of hydrogen-bond donors (Lipinski definition) is 0. The topological polar surface area (TPSA) is 86.6 Å². The fourth-order valence-corrected chi connectivity index (χ4v) is 5.04. The highest BCUT2D eigenvalue weighted by Gasteiger charge is 2.33. The molecule has 0 bridgehead atoms. The van der Waals surface area contributed by atoms with E-state index in [1.807, 2.05) is 42.7 Å². The molecule has 0 spiro atoms. The van der Waals surface area contributed by atoms with Crippen molar-refractivity contribution >= 4 is 34.9 Å². The second-order valence-electron chi connectivity index (χ2n) is 8.57. The van der Waals surface area contributed by atoms with E-state index in [2.05, 4.69) is 34.6 Å². The van der Waals surface area contributed by atoms with E-state index < -0.39 is 18.1 Å². The molecule has 1 amide bonds. The summed E-state index contributed by atoms with van der Waals surface area (Å²) in [6, 6.07) is 22.7. The maximum atomic E-state index is 13.1. The van der Waals surface area contributed by atoms with Crippen LogP contribution in [0.25, 0.3) is 22.2 Å². The van der Waals surface area contributed by atoms with Gasteiger partial charge in [0.2, 0.25) is 0 Å². The third kappa shape index (κ3) is 4.54. The van der Waals surface area contributed by atoms with Gasteiger partial charge >= 0.3 is 12.1 Å². The summed E-state index contributed by atoms with van der Waals surface area (Å²) in [4.78, 5) is 34.1. The predicted molar refractivity (Wildman–Crippen MR) is 139 cm³/mol. The van der Waals surface area contributed by atoms with Gasteiger partial charge in [-0.05, 0) is 58.0 Å². The summed E-state index contributed by atoms with van der Waals surface area (Å²) in [5.74, 6) is 0.00218. The molecular weight excluding hydrogens is 476 g/mol. The molecule has 1 heterocycles. The highest BCUT2D eigenvalue weighted by atomic mass is 32.2. The molecule has 1 aliphatic carbocycles. The zero-order valence-corrected chi connectivity index (χ0v) is 20.9. The molecule has 0 unspecified atom stereocenters. The van der Waals surface area contributed by atoms with Crippen LogP contribution in [0.5, 0.6) is 0 Å². The number of aromatic nitrogens is 3. The Hall–Kier alpha value is -3.85. The van der Waals surface area contributed by atoms with Gasteiger partial charge in [0.15, 0.2) is 0 Å². The predicted octanol–water partition coefficient (Wildman–Crippen LogP) is 4.39. The number of ether oxygens (including phenoxy) is 1. The molecule has 1 aromatic heterocycles. The Labute approximate surface area is 213 Å². The van der Waals surface area contributed by atoms with Gasteiger partial charge in [0, 0.05) is 13.0 Å². The van der Waals surface area contributed by atoms with E-state index in [0.29, 0.717) is 23.2 Å². The molecule has 5 rings (SSSR count). The summed E-state index contributed by atoms with van der Waals surface area (Å²) in [6.45, 7) is 0.176. The van der Waals surface area contributed by atoms with E-state index in [1.54, 1.807) is 30.9 Å². The Morgan fingerprint density at radius 3 is 2.33 bits per heavy atom. The second-order valence-corrected chi connectivity index (χ2v) is 9.56. The number of rotatable bonds is 8. The van der Waals surface area contributed by atoms with Crippen molar-refractivity contribution in [3.8, 4) is 11.1 Å². The van der Waals surface area contributed by atoms with Gasteiger partial charge in [0.25, 0.3) is 0 Å². The van der Waals surface area contributed by atoms with Crippen LogP contribution in [0.2, 0.25) is 0 Å². The molecule has 0 aliphatic heterocycles. The maximum absolute atomic E-state index is 13.1. The van der Waals surface area contributed by atoms with Gasteiger partial charge in [0.1, 0.15) is 23.7 Å². The zero-order chi connectivity index (χ0) is 25.1. The van der Waals surface area contributed by atoms with Crippen LogP contribution in [0.1, 0.15) is 23.5 Å². The third-order valence-electron chi connectivity index (χ3n) is 6.46. The fourth-order valence-electron chi connectivity index (χ4n) is 4.58. The highest BCUT2D eigenvalue weighted by Crippen LogP contribution is 2.44. The third-order valence-corrected chi connectivity index (χ3v) is 7.10. The molecule has 9 heteroatoms. The molecule has 0 saturated carbocycles. The van der Waals surface area contributed by atoms with Crippen LogP contribution >= 0.6 is 11.8 Å². The van der Waals surface area contributed by atoms with Crippen LogP contribution in [0, 0.1) is 0 Å². The Balaban J connectivity index is 1.30. The minimum atomic E-state index is -0.837. The van der Waals surface area contributed by atoms with Gasteiger partial charge < -0.3 is 9.57 Å². The van der Waals surface area contributed by atoms with Crippen molar-refractivity contribution in [1.82, 2.24) is 20.1 Å². The Morgan fingerprint density at radius 1 is 1.00 bits per heavy atom. The number of benzene rings is 3.